The number of unbranched alkanes of at least 4 members (excludes halogenated alkanes) is 33. The molecule has 0 radical (unpaired) electrons. The zero-order valence-electron chi connectivity index (χ0n) is 39.1. The van der Waals surface area contributed by atoms with Crippen molar-refractivity contribution in [3.63, 3.8) is 0 Å². The van der Waals surface area contributed by atoms with Gasteiger partial charge in [0.25, 0.3) is 0 Å². The molecule has 1 heterocycles. The number of hydrogen-bond acceptors (Lipinski definition) is 9. The highest BCUT2D eigenvalue weighted by Gasteiger charge is 2.57. The van der Waals surface area contributed by atoms with E-state index in [2.05, 4.69) is 19.2 Å². The molecule has 3 unspecified atom stereocenters. The lowest BCUT2D eigenvalue weighted by atomic mass is 9.76. The number of aliphatic hydroxyl groups is 7. The summed E-state index contributed by atoms with van der Waals surface area (Å²) in [6.07, 6.45) is 32.2. The van der Waals surface area contributed by atoms with Gasteiger partial charge in [0.05, 0.1) is 19.3 Å². The van der Waals surface area contributed by atoms with Crippen LogP contribution in [0.2, 0.25) is 0 Å². The summed E-state index contributed by atoms with van der Waals surface area (Å²) in [4.78, 5) is 13.4. The van der Waals surface area contributed by atoms with Gasteiger partial charge in [0, 0.05) is 6.42 Å². The third kappa shape index (κ3) is 25.4. The summed E-state index contributed by atoms with van der Waals surface area (Å²) in [5.41, 5.74) is -2.09. The zero-order valence-corrected chi connectivity index (χ0v) is 39.1. The third-order valence-electron chi connectivity index (χ3n) is 13.3. The standard InChI is InChI=1S/C50H99NO9/c1-3-5-7-9-11-13-15-17-18-19-20-21-22-23-24-25-26-27-29-31-33-35-37-39-44(55)51-50(41-53,49-47(58)46(57)45(56)43(40-52)60-49)48(59)42(54)38-36-34-32-30-28-16-14-12-10-8-6-4-2/h42-43,45-49,52-54,56-59H,3-41H2,1-2H3,(H,51,55)/t42?,43-,45+,46+,47-,48?,49+,50?/m1/s1. The number of nitrogens with one attached hydrogen (secondary N) is 1. The summed E-state index contributed by atoms with van der Waals surface area (Å²) in [5.74, 6) is -0.485. The molecule has 1 rings (SSSR count). The second-order valence-electron chi connectivity index (χ2n) is 18.7. The monoisotopic (exact) mass is 858 g/mol. The average molecular weight is 858 g/mol. The van der Waals surface area contributed by atoms with E-state index in [0.29, 0.717) is 12.8 Å². The number of aliphatic hydroxyl groups excluding tert-OH is 7. The highest BCUT2D eigenvalue weighted by Crippen LogP contribution is 2.33. The van der Waals surface area contributed by atoms with E-state index >= 15 is 0 Å². The molecule has 0 spiro atoms. The van der Waals surface area contributed by atoms with E-state index < -0.39 is 67.4 Å². The van der Waals surface area contributed by atoms with Crippen LogP contribution >= 0.6 is 0 Å². The molecule has 0 bridgehead atoms. The van der Waals surface area contributed by atoms with Crippen LogP contribution in [0.4, 0.5) is 0 Å². The molecular formula is C50H99NO9. The summed E-state index contributed by atoms with van der Waals surface area (Å²) in [5, 5.41) is 78.0. The molecule has 1 aliphatic heterocycles. The summed E-state index contributed by atoms with van der Waals surface area (Å²) >= 11 is 0. The second kappa shape index (κ2) is 38.6. The zero-order chi connectivity index (χ0) is 44.1. The van der Waals surface area contributed by atoms with E-state index in [9.17, 15) is 40.5 Å². The van der Waals surface area contributed by atoms with E-state index in [1.54, 1.807) is 0 Å². The Labute approximate surface area is 368 Å². The molecule has 8 atom stereocenters. The van der Waals surface area contributed by atoms with Crippen LogP contribution < -0.4 is 5.32 Å². The largest absolute Gasteiger partial charge is 0.394 e. The summed E-state index contributed by atoms with van der Waals surface area (Å²) in [6.45, 7) is 2.90. The van der Waals surface area contributed by atoms with Gasteiger partial charge in [0.2, 0.25) is 5.91 Å². The van der Waals surface area contributed by atoms with Crippen LogP contribution in [0.5, 0.6) is 0 Å². The summed E-state index contributed by atoms with van der Waals surface area (Å²) in [6, 6.07) is 0. The van der Waals surface area contributed by atoms with Crippen LogP contribution in [0.1, 0.15) is 251 Å². The van der Waals surface area contributed by atoms with Crippen molar-refractivity contribution in [3.05, 3.63) is 0 Å². The van der Waals surface area contributed by atoms with Crippen molar-refractivity contribution in [1.29, 1.82) is 0 Å². The SMILES string of the molecule is CCCCCCCCCCCCCCCCCCCCCCCCCC(=O)NC(CO)(C(O)C(O)CCCCCCCCCCCCCC)[C@H]1O[C@H](CO)[C@H](O)[C@H](O)[C@H]1O. The van der Waals surface area contributed by atoms with Crippen LogP contribution in [0.15, 0.2) is 0 Å². The first-order valence-electron chi connectivity index (χ1n) is 25.8. The van der Waals surface area contributed by atoms with Gasteiger partial charge in [0.15, 0.2) is 0 Å². The Bertz CT molecular complexity index is 957. The highest BCUT2D eigenvalue weighted by molar-refractivity contribution is 5.77. The van der Waals surface area contributed by atoms with Crippen molar-refractivity contribution in [3.8, 4) is 0 Å². The Balaban J connectivity index is 2.38. The van der Waals surface area contributed by atoms with Crippen LogP contribution in [0, 0.1) is 0 Å². The highest BCUT2D eigenvalue weighted by atomic mass is 16.5. The van der Waals surface area contributed by atoms with Crippen LogP contribution in [0.3, 0.4) is 0 Å². The predicted octanol–water partition coefficient (Wildman–Crippen LogP) is 9.87. The fraction of sp³-hybridized carbons (Fsp3) is 0.980. The first-order chi connectivity index (χ1) is 29.2. The predicted molar refractivity (Wildman–Crippen MR) is 246 cm³/mol. The third-order valence-corrected chi connectivity index (χ3v) is 13.3. The van der Waals surface area contributed by atoms with Crippen molar-refractivity contribution < 1.29 is 45.3 Å². The van der Waals surface area contributed by atoms with E-state index in [0.717, 1.165) is 38.5 Å². The lowest BCUT2D eigenvalue weighted by Crippen LogP contribution is -2.76. The minimum atomic E-state index is -2.09. The molecule has 1 saturated heterocycles. The van der Waals surface area contributed by atoms with Crippen molar-refractivity contribution in [1.82, 2.24) is 5.32 Å². The minimum Gasteiger partial charge on any atom is -0.394 e. The molecule has 60 heavy (non-hydrogen) atoms. The van der Waals surface area contributed by atoms with Gasteiger partial charge in [-0.2, -0.15) is 0 Å². The van der Waals surface area contributed by atoms with Gasteiger partial charge in [-0.05, 0) is 12.8 Å². The first-order valence-corrected chi connectivity index (χ1v) is 25.8. The van der Waals surface area contributed by atoms with Crippen molar-refractivity contribution in [2.75, 3.05) is 13.2 Å². The van der Waals surface area contributed by atoms with Gasteiger partial charge in [-0.25, -0.2) is 0 Å². The minimum absolute atomic E-state index is 0.111. The summed E-state index contributed by atoms with van der Waals surface area (Å²) in [7, 11) is 0. The maximum Gasteiger partial charge on any atom is 0.220 e. The van der Waals surface area contributed by atoms with Gasteiger partial charge < -0.3 is 45.8 Å². The fourth-order valence-electron chi connectivity index (χ4n) is 9.15. The second-order valence-corrected chi connectivity index (χ2v) is 18.7. The van der Waals surface area contributed by atoms with Gasteiger partial charge in [0.1, 0.15) is 42.2 Å². The first kappa shape index (κ1) is 57.2. The molecule has 1 amide bonds. The maximum atomic E-state index is 13.4. The Kier molecular flexibility index (Phi) is 36.8. The molecule has 0 aromatic carbocycles. The smallest absolute Gasteiger partial charge is 0.220 e. The van der Waals surface area contributed by atoms with Gasteiger partial charge in [-0.3, -0.25) is 4.79 Å². The number of ether oxygens (including phenoxy) is 1. The Hall–Kier alpha value is -0.850. The molecule has 1 aliphatic rings. The van der Waals surface area contributed by atoms with Gasteiger partial charge in [-0.1, -0.05) is 232 Å². The lowest BCUT2D eigenvalue weighted by Gasteiger charge is -2.51. The number of carbonyl (C=O) groups excluding carboxylic acids is 1. The molecule has 0 aromatic heterocycles. The van der Waals surface area contributed by atoms with Crippen molar-refractivity contribution >= 4 is 5.91 Å². The molecule has 0 aliphatic carbocycles. The van der Waals surface area contributed by atoms with E-state index in [4.69, 9.17) is 4.74 Å². The normalized spacial score (nSPS) is 21.5. The maximum absolute atomic E-state index is 13.4. The molecule has 0 saturated carbocycles. The number of amides is 1. The van der Waals surface area contributed by atoms with Crippen LogP contribution in [-0.2, 0) is 9.53 Å². The Morgan fingerprint density at radius 2 is 0.833 bits per heavy atom. The Morgan fingerprint density at radius 3 is 1.17 bits per heavy atom. The number of carbonyl (C=O) groups is 1. The summed E-state index contributed by atoms with van der Waals surface area (Å²) < 4.78 is 5.78. The fourth-order valence-corrected chi connectivity index (χ4v) is 9.15. The number of rotatable bonds is 43. The van der Waals surface area contributed by atoms with Gasteiger partial charge in [-0.15, -0.1) is 0 Å². The molecule has 8 N–H and O–H groups in total. The average Bonchev–Trinajstić information content (AvgIpc) is 3.25. The Morgan fingerprint density at radius 1 is 0.500 bits per heavy atom. The molecular weight excluding hydrogens is 759 g/mol. The van der Waals surface area contributed by atoms with E-state index in [1.165, 1.54) is 173 Å². The molecule has 10 heteroatoms. The topological polar surface area (TPSA) is 180 Å². The number of hydrogen-bond donors (Lipinski definition) is 8. The molecule has 358 valence electrons. The molecule has 10 nitrogen and oxygen atoms in total. The van der Waals surface area contributed by atoms with Gasteiger partial charge >= 0.3 is 0 Å². The lowest BCUT2D eigenvalue weighted by molar-refractivity contribution is -0.263. The van der Waals surface area contributed by atoms with Crippen LogP contribution in [-0.4, -0.2) is 103 Å². The van der Waals surface area contributed by atoms with E-state index in [-0.39, 0.29) is 12.8 Å². The van der Waals surface area contributed by atoms with Crippen LogP contribution in [0.25, 0.3) is 0 Å². The quantitative estimate of drug-likeness (QED) is 0.0277. The van der Waals surface area contributed by atoms with Crippen molar-refractivity contribution in [2.24, 2.45) is 0 Å². The van der Waals surface area contributed by atoms with Crippen molar-refractivity contribution in [2.45, 2.75) is 300 Å². The van der Waals surface area contributed by atoms with E-state index in [1.807, 2.05) is 0 Å². The molecule has 1 fully saturated rings. The molecule has 0 aromatic rings.